The van der Waals surface area contributed by atoms with Crippen molar-refractivity contribution in [3.63, 3.8) is 0 Å². The van der Waals surface area contributed by atoms with E-state index in [9.17, 15) is 24.6 Å². The van der Waals surface area contributed by atoms with Crippen LogP contribution in [0.4, 0.5) is 16.2 Å². The number of morpholine rings is 1. The number of carboxylic acid groups (broad SMARTS) is 1. The highest BCUT2D eigenvalue weighted by atomic mass is 35.5. The Balaban J connectivity index is 1.60. The SMILES string of the molecule is O=C(NC[C@H](O)CN(C(=O)O)c1ccc(N2CCOCC2=O)cc1)c1ccc(Cl)s1. The second-order valence-electron chi connectivity index (χ2n) is 6.48. The summed E-state index contributed by atoms with van der Waals surface area (Å²) in [6.45, 7) is 0.507. The molecule has 3 rings (SSSR count). The van der Waals surface area contributed by atoms with Crippen LogP contribution >= 0.6 is 22.9 Å². The van der Waals surface area contributed by atoms with E-state index in [4.69, 9.17) is 16.3 Å². The molecule has 1 aromatic carbocycles. The van der Waals surface area contributed by atoms with Crippen LogP contribution in [0, 0.1) is 0 Å². The number of benzene rings is 1. The average molecular weight is 454 g/mol. The number of hydrogen-bond acceptors (Lipinski definition) is 6. The van der Waals surface area contributed by atoms with E-state index in [1.807, 2.05) is 0 Å². The minimum Gasteiger partial charge on any atom is -0.465 e. The fourth-order valence-electron chi connectivity index (χ4n) is 2.91. The summed E-state index contributed by atoms with van der Waals surface area (Å²) >= 11 is 6.90. The third kappa shape index (κ3) is 5.48. The van der Waals surface area contributed by atoms with Gasteiger partial charge in [0, 0.05) is 24.5 Å². The fraction of sp³-hybridized carbons (Fsp3) is 0.316. The van der Waals surface area contributed by atoms with Gasteiger partial charge in [0.05, 0.1) is 28.5 Å². The topological polar surface area (TPSA) is 119 Å². The lowest BCUT2D eigenvalue weighted by Gasteiger charge is -2.28. The number of aliphatic hydroxyl groups is 1. The lowest BCUT2D eigenvalue weighted by Crippen LogP contribution is -2.42. The number of anilines is 2. The van der Waals surface area contributed by atoms with Crippen LogP contribution in [0.15, 0.2) is 36.4 Å². The number of aliphatic hydroxyl groups excluding tert-OH is 1. The van der Waals surface area contributed by atoms with Gasteiger partial charge in [-0.2, -0.15) is 0 Å². The lowest BCUT2D eigenvalue weighted by atomic mass is 10.2. The van der Waals surface area contributed by atoms with Crippen molar-refractivity contribution >= 4 is 52.2 Å². The highest BCUT2D eigenvalue weighted by Gasteiger charge is 2.22. The Morgan fingerprint density at radius 3 is 2.60 bits per heavy atom. The van der Waals surface area contributed by atoms with E-state index in [0.29, 0.717) is 33.7 Å². The maximum Gasteiger partial charge on any atom is 0.411 e. The smallest absolute Gasteiger partial charge is 0.411 e. The number of carbonyl (C=O) groups excluding carboxylic acids is 2. The molecule has 0 radical (unpaired) electrons. The Morgan fingerprint density at radius 1 is 1.27 bits per heavy atom. The third-order valence-electron chi connectivity index (χ3n) is 4.38. The minimum absolute atomic E-state index is 0.0125. The molecule has 0 aliphatic carbocycles. The lowest BCUT2D eigenvalue weighted by molar-refractivity contribution is -0.125. The monoisotopic (exact) mass is 453 g/mol. The number of rotatable bonds is 7. The predicted octanol–water partition coefficient (Wildman–Crippen LogP) is 2.04. The molecule has 160 valence electrons. The zero-order chi connectivity index (χ0) is 21.7. The Bertz CT molecular complexity index is 919. The third-order valence-corrected chi connectivity index (χ3v) is 5.61. The summed E-state index contributed by atoms with van der Waals surface area (Å²) in [6, 6.07) is 9.57. The van der Waals surface area contributed by atoms with E-state index in [-0.39, 0.29) is 25.6 Å². The fourth-order valence-corrected chi connectivity index (χ4v) is 3.87. The zero-order valence-electron chi connectivity index (χ0n) is 15.8. The summed E-state index contributed by atoms with van der Waals surface area (Å²) in [5, 5.41) is 22.3. The molecule has 1 atom stereocenters. The number of thiophene rings is 1. The molecule has 1 fully saturated rings. The van der Waals surface area contributed by atoms with E-state index >= 15 is 0 Å². The molecule has 30 heavy (non-hydrogen) atoms. The van der Waals surface area contributed by atoms with Crippen molar-refractivity contribution < 1.29 is 29.3 Å². The number of hydrogen-bond donors (Lipinski definition) is 3. The van der Waals surface area contributed by atoms with Crippen molar-refractivity contribution in [3.8, 4) is 0 Å². The molecule has 11 heteroatoms. The van der Waals surface area contributed by atoms with E-state index < -0.39 is 18.1 Å². The molecule has 3 amide bonds. The molecule has 3 N–H and O–H groups in total. The Kier molecular flexibility index (Phi) is 7.27. The van der Waals surface area contributed by atoms with Gasteiger partial charge >= 0.3 is 6.09 Å². The van der Waals surface area contributed by atoms with Gasteiger partial charge in [0.1, 0.15) is 6.61 Å². The Hall–Kier alpha value is -2.66. The highest BCUT2D eigenvalue weighted by molar-refractivity contribution is 7.18. The summed E-state index contributed by atoms with van der Waals surface area (Å²) in [4.78, 5) is 38.6. The van der Waals surface area contributed by atoms with Gasteiger partial charge in [-0.1, -0.05) is 11.6 Å². The van der Waals surface area contributed by atoms with Crippen LogP contribution in [0.25, 0.3) is 0 Å². The first-order valence-electron chi connectivity index (χ1n) is 9.05. The second kappa shape index (κ2) is 9.90. The first-order valence-corrected chi connectivity index (χ1v) is 10.2. The van der Waals surface area contributed by atoms with Crippen molar-refractivity contribution in [3.05, 3.63) is 45.6 Å². The molecule has 1 aliphatic rings. The first-order chi connectivity index (χ1) is 14.3. The van der Waals surface area contributed by atoms with Gasteiger partial charge < -0.3 is 25.2 Å². The minimum atomic E-state index is -1.25. The Labute approximate surface area is 181 Å². The standard InChI is InChI=1S/C19H20ClN3O6S/c20-16-6-5-15(30-16)18(26)21-9-14(24)10-23(19(27)28)13-3-1-12(2-4-13)22-7-8-29-11-17(22)25/h1-6,14,24H,7-11H2,(H,21,26)(H,27,28)/t14-/m0/s1. The maximum absolute atomic E-state index is 12.0. The summed E-state index contributed by atoms with van der Waals surface area (Å²) in [5.74, 6) is -0.561. The maximum atomic E-state index is 12.0. The quantitative estimate of drug-likeness (QED) is 0.590. The van der Waals surface area contributed by atoms with Crippen LogP contribution in [-0.4, -0.2) is 67.1 Å². The van der Waals surface area contributed by atoms with Gasteiger partial charge in [-0.25, -0.2) is 4.79 Å². The molecule has 1 aliphatic heterocycles. The summed E-state index contributed by atoms with van der Waals surface area (Å²) in [5.41, 5.74) is 0.974. The number of ether oxygens (including phenoxy) is 1. The first kappa shape index (κ1) is 22.0. The van der Waals surface area contributed by atoms with Gasteiger partial charge in [-0.3, -0.25) is 14.5 Å². The zero-order valence-corrected chi connectivity index (χ0v) is 17.4. The van der Waals surface area contributed by atoms with Crippen molar-refractivity contribution in [2.75, 3.05) is 42.6 Å². The summed E-state index contributed by atoms with van der Waals surface area (Å²) in [6.07, 6.45) is -2.37. The molecular formula is C19H20ClN3O6S. The van der Waals surface area contributed by atoms with Crippen LogP contribution < -0.4 is 15.1 Å². The predicted molar refractivity (Wildman–Crippen MR) is 113 cm³/mol. The molecule has 1 aromatic heterocycles. The van der Waals surface area contributed by atoms with Crippen LogP contribution in [0.1, 0.15) is 9.67 Å². The highest BCUT2D eigenvalue weighted by Crippen LogP contribution is 2.23. The van der Waals surface area contributed by atoms with Gasteiger partial charge in [0.15, 0.2) is 0 Å². The molecule has 1 saturated heterocycles. The molecule has 9 nitrogen and oxygen atoms in total. The van der Waals surface area contributed by atoms with Crippen LogP contribution in [-0.2, 0) is 9.53 Å². The van der Waals surface area contributed by atoms with E-state index in [2.05, 4.69) is 5.32 Å². The van der Waals surface area contributed by atoms with Crippen molar-refractivity contribution in [1.82, 2.24) is 5.32 Å². The van der Waals surface area contributed by atoms with Crippen molar-refractivity contribution in [2.24, 2.45) is 0 Å². The van der Waals surface area contributed by atoms with Crippen LogP contribution in [0.5, 0.6) is 0 Å². The van der Waals surface area contributed by atoms with Gasteiger partial charge in [0.25, 0.3) is 11.8 Å². The van der Waals surface area contributed by atoms with Crippen molar-refractivity contribution in [1.29, 1.82) is 0 Å². The number of halogens is 1. The number of nitrogens with one attached hydrogen (secondary N) is 1. The van der Waals surface area contributed by atoms with E-state index in [0.717, 1.165) is 16.2 Å². The second-order valence-corrected chi connectivity index (χ2v) is 8.19. The number of carbonyl (C=O) groups is 3. The Morgan fingerprint density at radius 2 is 2.00 bits per heavy atom. The van der Waals surface area contributed by atoms with Gasteiger partial charge in [-0.15, -0.1) is 11.3 Å². The van der Waals surface area contributed by atoms with Crippen LogP contribution in [0.3, 0.4) is 0 Å². The van der Waals surface area contributed by atoms with E-state index in [1.54, 1.807) is 41.3 Å². The van der Waals surface area contributed by atoms with Crippen LogP contribution in [0.2, 0.25) is 4.34 Å². The largest absolute Gasteiger partial charge is 0.465 e. The van der Waals surface area contributed by atoms with Gasteiger partial charge in [0.2, 0.25) is 0 Å². The number of amides is 3. The molecule has 0 spiro atoms. The molecular weight excluding hydrogens is 434 g/mol. The summed E-state index contributed by atoms with van der Waals surface area (Å²) in [7, 11) is 0. The van der Waals surface area contributed by atoms with E-state index in [1.165, 1.54) is 0 Å². The molecule has 0 unspecified atom stereocenters. The molecule has 0 saturated carbocycles. The summed E-state index contributed by atoms with van der Waals surface area (Å²) < 4.78 is 5.57. The average Bonchev–Trinajstić information content (AvgIpc) is 3.17. The van der Waals surface area contributed by atoms with Crippen molar-refractivity contribution in [2.45, 2.75) is 6.10 Å². The van der Waals surface area contributed by atoms with Gasteiger partial charge in [-0.05, 0) is 36.4 Å². The molecule has 2 aromatic rings. The number of nitrogens with zero attached hydrogens (tertiary/aromatic N) is 2. The molecule has 2 heterocycles. The molecule has 0 bridgehead atoms. The normalized spacial score (nSPS) is 15.0.